The van der Waals surface area contributed by atoms with E-state index >= 15 is 0 Å². The first-order valence-electron chi connectivity index (χ1n) is 16.7. The summed E-state index contributed by atoms with van der Waals surface area (Å²) in [6.45, 7) is 9.72. The number of aliphatic hydroxyl groups excluding tert-OH is 1. The molecule has 2 saturated heterocycles. The van der Waals surface area contributed by atoms with Gasteiger partial charge in [-0.15, -0.1) is 0 Å². The summed E-state index contributed by atoms with van der Waals surface area (Å²) in [6.07, 6.45) is 7.76. The van der Waals surface area contributed by atoms with E-state index in [0.717, 1.165) is 50.6 Å². The summed E-state index contributed by atoms with van der Waals surface area (Å²) >= 11 is 6.23. The van der Waals surface area contributed by atoms with Crippen molar-refractivity contribution in [1.82, 2.24) is 19.6 Å². The Balaban J connectivity index is 1.46. The summed E-state index contributed by atoms with van der Waals surface area (Å²) in [6, 6.07) is 7.49. The van der Waals surface area contributed by atoms with Gasteiger partial charge >= 0.3 is 0 Å². The normalized spacial score (nSPS) is 28.1. The molecule has 1 aromatic rings. The molecule has 244 valence electrons. The van der Waals surface area contributed by atoms with Crippen molar-refractivity contribution in [3.63, 3.8) is 0 Å². The van der Waals surface area contributed by atoms with E-state index in [1.165, 1.54) is 6.42 Å². The lowest BCUT2D eigenvalue weighted by atomic mass is 9.74. The molecule has 1 aromatic carbocycles. The maximum absolute atomic E-state index is 14.7. The molecule has 9 heteroatoms. The van der Waals surface area contributed by atoms with Crippen LogP contribution in [0.15, 0.2) is 24.3 Å². The molecule has 0 radical (unpaired) electrons. The zero-order valence-corrected chi connectivity index (χ0v) is 28.4. The molecule has 4 aliphatic rings. The van der Waals surface area contributed by atoms with Crippen LogP contribution in [0.3, 0.4) is 0 Å². The van der Waals surface area contributed by atoms with Crippen molar-refractivity contribution in [3.8, 4) is 0 Å². The fourth-order valence-corrected chi connectivity index (χ4v) is 8.02. The van der Waals surface area contributed by atoms with Crippen LogP contribution in [-0.4, -0.2) is 107 Å². The van der Waals surface area contributed by atoms with Gasteiger partial charge in [-0.2, -0.15) is 0 Å². The Labute approximate surface area is 269 Å². The Kier molecular flexibility index (Phi) is 9.75. The summed E-state index contributed by atoms with van der Waals surface area (Å²) in [5.41, 5.74) is 0.386. The predicted molar refractivity (Wildman–Crippen MR) is 173 cm³/mol. The van der Waals surface area contributed by atoms with Crippen LogP contribution in [0, 0.1) is 16.7 Å². The smallest absolute Gasteiger partial charge is 0.244 e. The predicted octanol–water partition coefficient (Wildman–Crippen LogP) is 4.78. The fourth-order valence-electron chi connectivity index (χ4n) is 7.90. The van der Waals surface area contributed by atoms with Gasteiger partial charge in [0, 0.05) is 56.8 Å². The first-order valence-corrected chi connectivity index (χ1v) is 17.0. The maximum Gasteiger partial charge on any atom is 0.244 e. The summed E-state index contributed by atoms with van der Waals surface area (Å²) in [4.78, 5) is 50.4. The number of amides is 3. The number of rotatable bonds is 8. The number of nitrogens with zero attached hydrogens (tertiary/aromatic N) is 4. The van der Waals surface area contributed by atoms with Gasteiger partial charge in [-0.1, -0.05) is 44.0 Å². The Morgan fingerprint density at radius 2 is 1.61 bits per heavy atom. The molecule has 2 saturated carbocycles. The first kappa shape index (κ1) is 33.2. The molecule has 2 aliphatic heterocycles. The van der Waals surface area contributed by atoms with Crippen LogP contribution in [0.4, 0.5) is 0 Å². The number of likely N-dealkylation sites (N-methyl/N-ethyl adjacent to an activating group) is 1. The quantitative estimate of drug-likeness (QED) is 0.448. The highest BCUT2D eigenvalue weighted by molar-refractivity contribution is 6.30. The zero-order chi connectivity index (χ0) is 32.0. The number of halogens is 1. The van der Waals surface area contributed by atoms with E-state index in [1.54, 1.807) is 32.8 Å². The second kappa shape index (κ2) is 12.9. The summed E-state index contributed by atoms with van der Waals surface area (Å²) in [7, 11) is 3.48. The van der Waals surface area contributed by atoms with E-state index in [4.69, 9.17) is 11.6 Å². The third-order valence-electron chi connectivity index (χ3n) is 11.1. The molecule has 3 amide bonds. The van der Waals surface area contributed by atoms with Gasteiger partial charge in [0.15, 0.2) is 0 Å². The lowest BCUT2D eigenvalue weighted by Gasteiger charge is -2.45. The fraction of sp³-hybridized carbons (Fsp3) is 0.743. The Morgan fingerprint density at radius 3 is 2.16 bits per heavy atom. The van der Waals surface area contributed by atoms with Gasteiger partial charge in [0.1, 0.15) is 6.04 Å². The average Bonchev–Trinajstić information content (AvgIpc) is 3.58. The van der Waals surface area contributed by atoms with Crippen molar-refractivity contribution in [3.05, 3.63) is 34.9 Å². The van der Waals surface area contributed by atoms with Crippen molar-refractivity contribution in [2.24, 2.45) is 16.7 Å². The second-order valence-corrected chi connectivity index (χ2v) is 16.0. The highest BCUT2D eigenvalue weighted by atomic mass is 35.5. The SMILES string of the molecule is CN(C)C(=O)[C@@H]1C[C@H](N(C(=O)C(C)(C)CO)C2CCC(C)(C)CC2)CN1C(=O)[C@@H]1CN(C2CCC2)C[C@H]1c1ccc(Cl)cc1. The average molecular weight is 629 g/mol. The van der Waals surface area contributed by atoms with Gasteiger partial charge in [-0.05, 0) is 81.9 Å². The Bertz CT molecular complexity index is 1200. The minimum Gasteiger partial charge on any atom is -0.395 e. The lowest BCUT2D eigenvalue weighted by Crippen LogP contribution is -2.55. The largest absolute Gasteiger partial charge is 0.395 e. The van der Waals surface area contributed by atoms with Crippen LogP contribution in [0.5, 0.6) is 0 Å². The third-order valence-corrected chi connectivity index (χ3v) is 11.4. The van der Waals surface area contributed by atoms with Crippen LogP contribution in [0.2, 0.25) is 5.02 Å². The Morgan fingerprint density at radius 1 is 0.977 bits per heavy atom. The van der Waals surface area contributed by atoms with Crippen LogP contribution in [0.25, 0.3) is 0 Å². The van der Waals surface area contributed by atoms with Crippen molar-refractivity contribution in [2.45, 2.75) is 109 Å². The van der Waals surface area contributed by atoms with Gasteiger partial charge < -0.3 is 19.8 Å². The van der Waals surface area contributed by atoms with E-state index in [1.807, 2.05) is 34.1 Å². The van der Waals surface area contributed by atoms with Crippen molar-refractivity contribution < 1.29 is 19.5 Å². The van der Waals surface area contributed by atoms with Crippen molar-refractivity contribution >= 4 is 29.3 Å². The first-order chi connectivity index (χ1) is 20.7. The molecule has 8 nitrogen and oxygen atoms in total. The number of carbonyl (C=O) groups excluding carboxylic acids is 3. The van der Waals surface area contributed by atoms with E-state index < -0.39 is 11.5 Å². The van der Waals surface area contributed by atoms with Crippen molar-refractivity contribution in [2.75, 3.05) is 40.3 Å². The van der Waals surface area contributed by atoms with E-state index in [2.05, 4.69) is 18.7 Å². The van der Waals surface area contributed by atoms with E-state index in [-0.39, 0.29) is 53.7 Å². The van der Waals surface area contributed by atoms with Crippen LogP contribution < -0.4 is 0 Å². The molecule has 2 heterocycles. The molecule has 0 unspecified atom stereocenters. The number of carbonyl (C=O) groups is 3. The highest BCUT2D eigenvalue weighted by Crippen LogP contribution is 2.43. The summed E-state index contributed by atoms with van der Waals surface area (Å²) in [5, 5.41) is 10.9. The lowest BCUT2D eigenvalue weighted by molar-refractivity contribution is -0.149. The molecule has 1 N–H and O–H groups in total. The van der Waals surface area contributed by atoms with Crippen molar-refractivity contribution in [1.29, 1.82) is 0 Å². The monoisotopic (exact) mass is 628 g/mol. The van der Waals surface area contributed by atoms with Gasteiger partial charge in [-0.25, -0.2) is 0 Å². The Hall–Kier alpha value is -2.16. The molecular formula is C35H53ClN4O4. The highest BCUT2D eigenvalue weighted by Gasteiger charge is 2.51. The molecule has 5 rings (SSSR count). The molecule has 0 bridgehead atoms. The van der Waals surface area contributed by atoms with E-state index in [9.17, 15) is 19.5 Å². The zero-order valence-electron chi connectivity index (χ0n) is 27.6. The third kappa shape index (κ3) is 6.68. The van der Waals surface area contributed by atoms with Crippen LogP contribution in [0.1, 0.15) is 90.5 Å². The molecule has 0 aromatic heterocycles. The summed E-state index contributed by atoms with van der Waals surface area (Å²) in [5.74, 6) is -0.441. The topological polar surface area (TPSA) is 84.4 Å². The van der Waals surface area contributed by atoms with Crippen LogP contribution in [-0.2, 0) is 14.4 Å². The van der Waals surface area contributed by atoms with E-state index in [0.29, 0.717) is 30.6 Å². The number of hydrogen-bond donors (Lipinski definition) is 1. The number of benzene rings is 1. The molecule has 4 fully saturated rings. The summed E-state index contributed by atoms with van der Waals surface area (Å²) < 4.78 is 0. The minimum atomic E-state index is -0.945. The second-order valence-electron chi connectivity index (χ2n) is 15.6. The van der Waals surface area contributed by atoms with Gasteiger partial charge in [0.25, 0.3) is 0 Å². The number of aliphatic hydroxyl groups is 1. The van der Waals surface area contributed by atoms with Gasteiger partial charge in [0.2, 0.25) is 17.7 Å². The number of hydrogen-bond acceptors (Lipinski definition) is 5. The number of likely N-dealkylation sites (tertiary alicyclic amines) is 2. The molecule has 2 aliphatic carbocycles. The van der Waals surface area contributed by atoms with Gasteiger partial charge in [-0.3, -0.25) is 19.3 Å². The molecular weight excluding hydrogens is 576 g/mol. The minimum absolute atomic E-state index is 0.00747. The maximum atomic E-state index is 14.7. The van der Waals surface area contributed by atoms with Gasteiger partial charge in [0.05, 0.1) is 24.0 Å². The molecule has 0 spiro atoms. The molecule has 44 heavy (non-hydrogen) atoms. The molecule has 4 atom stereocenters. The standard InChI is InChI=1S/C35H53ClN4O4/c1-34(2)16-14-26(15-17-34)40(33(44)35(3,4)22-41)27-18-30(32(43)37(5)6)39(19-27)31(42)29-21-38(25-8-7-9-25)20-28(29)23-10-12-24(36)13-11-23/h10-13,25-30,41H,7-9,14-22H2,1-6H3/t27-,28-,29+,30-/m0/s1. The van der Waals surface area contributed by atoms with Crippen LogP contribution >= 0.6 is 11.6 Å².